The van der Waals surface area contributed by atoms with E-state index < -0.39 is 0 Å². The average Bonchev–Trinajstić information content (AvgIpc) is 3.81. The number of hydrogen-bond donors (Lipinski definition) is 0. The smallest absolute Gasteiger partial charge is 0.236 e. The van der Waals surface area contributed by atoms with Gasteiger partial charge in [0.1, 0.15) is 5.78 Å². The SMILES string of the molecule is CC(C)(C)CN1CCN(CC(=O)C2CC2)CC1.CC(C)(C)CN1CCN(CC(=O)N2CCCC2)CC1.CCCCCCCCN1CCN(CC(C)(C)C)CC1. The van der Waals surface area contributed by atoms with Gasteiger partial charge in [0.05, 0.1) is 13.1 Å². The molecule has 0 N–H and O–H groups in total. The lowest BCUT2D eigenvalue weighted by atomic mass is 9.96. The molecule has 0 radical (unpaired) electrons. The summed E-state index contributed by atoms with van der Waals surface area (Å²) in [5, 5.41) is 0. The van der Waals surface area contributed by atoms with Crippen molar-refractivity contribution in [1.82, 2.24) is 34.3 Å². The number of hydrogen-bond acceptors (Lipinski definition) is 8. The first-order chi connectivity index (χ1) is 25.9. The summed E-state index contributed by atoms with van der Waals surface area (Å²) >= 11 is 0. The monoisotopic (exact) mass is 774 g/mol. The maximum atomic E-state index is 12.1. The van der Waals surface area contributed by atoms with E-state index in [1.807, 2.05) is 4.90 Å². The molecule has 0 spiro atoms. The van der Waals surface area contributed by atoms with Crippen LogP contribution in [-0.2, 0) is 9.59 Å². The molecule has 1 saturated carbocycles. The van der Waals surface area contributed by atoms with E-state index in [1.165, 1.54) is 90.6 Å². The van der Waals surface area contributed by atoms with Crippen molar-refractivity contribution >= 4 is 11.7 Å². The van der Waals surface area contributed by atoms with Crippen LogP contribution in [0.1, 0.15) is 133 Å². The van der Waals surface area contributed by atoms with E-state index in [1.54, 1.807) is 0 Å². The molecular formula is C46H91N7O2. The first kappa shape index (κ1) is 48.3. The summed E-state index contributed by atoms with van der Waals surface area (Å²) < 4.78 is 0. The molecule has 0 aromatic rings. The van der Waals surface area contributed by atoms with Crippen LogP contribution in [0.15, 0.2) is 0 Å². The topological polar surface area (TPSA) is 56.8 Å². The van der Waals surface area contributed by atoms with E-state index in [4.69, 9.17) is 0 Å². The molecule has 5 aliphatic rings. The van der Waals surface area contributed by atoms with E-state index in [0.717, 1.165) is 91.4 Å². The van der Waals surface area contributed by atoms with E-state index >= 15 is 0 Å². The minimum absolute atomic E-state index is 0.335. The fraction of sp³-hybridized carbons (Fsp3) is 0.957. The molecule has 5 fully saturated rings. The van der Waals surface area contributed by atoms with Gasteiger partial charge in [0, 0.05) is 117 Å². The molecule has 322 valence electrons. The predicted octanol–water partition coefficient (Wildman–Crippen LogP) is 6.91. The van der Waals surface area contributed by atoms with Crippen LogP contribution in [-0.4, -0.2) is 177 Å². The lowest BCUT2D eigenvalue weighted by Crippen LogP contribution is -2.51. The molecule has 4 aliphatic heterocycles. The first-order valence-corrected chi connectivity index (χ1v) is 23.0. The van der Waals surface area contributed by atoms with Gasteiger partial charge in [-0.1, -0.05) is 101 Å². The Hall–Kier alpha value is -1.10. The van der Waals surface area contributed by atoms with Crippen LogP contribution in [0.2, 0.25) is 0 Å². The normalized spacial score (nSPS) is 21.9. The summed E-state index contributed by atoms with van der Waals surface area (Å²) in [6.07, 6.45) is 13.2. The van der Waals surface area contributed by atoms with E-state index in [2.05, 4.69) is 98.6 Å². The number of likely N-dealkylation sites (tertiary alicyclic amines) is 1. The van der Waals surface area contributed by atoms with Gasteiger partial charge >= 0.3 is 0 Å². The molecule has 0 bridgehead atoms. The van der Waals surface area contributed by atoms with Gasteiger partial charge in [0.2, 0.25) is 5.91 Å². The van der Waals surface area contributed by atoms with Gasteiger partial charge in [-0.3, -0.25) is 19.4 Å². The van der Waals surface area contributed by atoms with Crippen molar-refractivity contribution < 1.29 is 9.59 Å². The molecule has 0 aromatic carbocycles. The molecule has 9 nitrogen and oxygen atoms in total. The Bertz CT molecular complexity index is 1050. The number of piperazine rings is 3. The summed E-state index contributed by atoms with van der Waals surface area (Å²) in [4.78, 5) is 40.9. The zero-order valence-electron chi connectivity index (χ0n) is 38.2. The maximum Gasteiger partial charge on any atom is 0.236 e. The number of carbonyl (C=O) groups is 2. The highest BCUT2D eigenvalue weighted by atomic mass is 16.2. The van der Waals surface area contributed by atoms with Crippen molar-refractivity contribution in [3.05, 3.63) is 0 Å². The minimum Gasteiger partial charge on any atom is -0.342 e. The Morgan fingerprint density at radius 1 is 0.455 bits per heavy atom. The molecule has 4 heterocycles. The van der Waals surface area contributed by atoms with E-state index in [9.17, 15) is 9.59 Å². The third-order valence-corrected chi connectivity index (χ3v) is 11.5. The maximum absolute atomic E-state index is 12.1. The number of unbranched alkanes of at least 4 members (excludes halogenated alkanes) is 5. The zero-order valence-corrected chi connectivity index (χ0v) is 38.2. The summed E-state index contributed by atoms with van der Waals surface area (Å²) in [5.74, 6) is 1.23. The highest BCUT2D eigenvalue weighted by molar-refractivity contribution is 5.85. The van der Waals surface area contributed by atoms with Crippen LogP contribution < -0.4 is 0 Å². The third kappa shape index (κ3) is 22.6. The molecule has 4 saturated heterocycles. The van der Waals surface area contributed by atoms with Crippen LogP contribution in [0.25, 0.3) is 0 Å². The fourth-order valence-corrected chi connectivity index (χ4v) is 8.52. The number of Topliss-reactive ketones (excluding diaryl/α,β-unsaturated/α-hetero) is 1. The van der Waals surface area contributed by atoms with Crippen molar-refractivity contribution in [3.63, 3.8) is 0 Å². The standard InChI is InChI=1S/C17H36N2.C15H29N3O.C14H26N2O/c1-5-6-7-8-9-10-11-18-12-14-19(15-13-18)16-17(2,3)4;1-15(2,3)13-17-10-8-16(9-11-17)12-14(19)18-6-4-5-7-18;1-14(2,3)11-16-8-6-15(7-9-16)10-13(17)12-4-5-12/h5-16H2,1-4H3;4-13H2,1-3H3;12H,4-11H2,1-3H3. The predicted molar refractivity (Wildman–Crippen MR) is 234 cm³/mol. The van der Waals surface area contributed by atoms with Crippen LogP contribution in [0.3, 0.4) is 0 Å². The van der Waals surface area contributed by atoms with Crippen molar-refractivity contribution in [2.45, 2.75) is 133 Å². The van der Waals surface area contributed by atoms with Gasteiger partial charge in [-0.15, -0.1) is 0 Å². The Morgan fingerprint density at radius 2 is 0.818 bits per heavy atom. The molecule has 1 aliphatic carbocycles. The largest absolute Gasteiger partial charge is 0.342 e. The highest BCUT2D eigenvalue weighted by Crippen LogP contribution is 2.30. The second kappa shape index (κ2) is 24.1. The van der Waals surface area contributed by atoms with Crippen molar-refractivity contribution in [2.75, 3.05) is 131 Å². The quantitative estimate of drug-likeness (QED) is 0.167. The number of amides is 1. The van der Waals surface area contributed by atoms with Gasteiger partial charge in [-0.25, -0.2) is 0 Å². The number of ketones is 1. The summed E-state index contributed by atoms with van der Waals surface area (Å²) in [5.41, 5.74) is 1.20. The van der Waals surface area contributed by atoms with Gasteiger partial charge in [0.25, 0.3) is 0 Å². The first-order valence-electron chi connectivity index (χ1n) is 23.0. The average molecular weight is 774 g/mol. The minimum atomic E-state index is 0.335. The van der Waals surface area contributed by atoms with Gasteiger partial charge in [0.15, 0.2) is 0 Å². The molecule has 0 atom stereocenters. The molecular weight excluding hydrogens is 683 g/mol. The summed E-state index contributed by atoms with van der Waals surface area (Å²) in [6.45, 7) is 45.0. The van der Waals surface area contributed by atoms with Crippen LogP contribution in [0.4, 0.5) is 0 Å². The number of nitrogens with zero attached hydrogens (tertiary/aromatic N) is 7. The van der Waals surface area contributed by atoms with Gasteiger partial charge < -0.3 is 24.5 Å². The van der Waals surface area contributed by atoms with E-state index in [-0.39, 0.29) is 0 Å². The van der Waals surface area contributed by atoms with Crippen LogP contribution >= 0.6 is 0 Å². The molecule has 55 heavy (non-hydrogen) atoms. The van der Waals surface area contributed by atoms with Crippen LogP contribution in [0.5, 0.6) is 0 Å². The van der Waals surface area contributed by atoms with Gasteiger partial charge in [-0.05, 0) is 54.9 Å². The zero-order chi connectivity index (χ0) is 40.5. The summed E-state index contributed by atoms with van der Waals surface area (Å²) in [7, 11) is 0. The Kier molecular flexibility index (Phi) is 21.1. The third-order valence-electron chi connectivity index (χ3n) is 11.5. The molecule has 9 heteroatoms. The fourth-order valence-electron chi connectivity index (χ4n) is 8.52. The lowest BCUT2D eigenvalue weighted by Gasteiger charge is -2.37. The number of carbonyl (C=O) groups excluding carboxylic acids is 2. The van der Waals surface area contributed by atoms with Crippen molar-refractivity contribution in [1.29, 1.82) is 0 Å². The van der Waals surface area contributed by atoms with E-state index in [0.29, 0.717) is 46.9 Å². The molecule has 5 rings (SSSR count). The molecule has 0 aromatic heterocycles. The van der Waals surface area contributed by atoms with Gasteiger partial charge in [-0.2, -0.15) is 0 Å². The Morgan fingerprint density at radius 3 is 1.22 bits per heavy atom. The second-order valence-electron chi connectivity index (χ2n) is 21.5. The summed E-state index contributed by atoms with van der Waals surface area (Å²) in [6, 6.07) is 0. The highest BCUT2D eigenvalue weighted by Gasteiger charge is 2.31. The number of rotatable bonds is 15. The Balaban J connectivity index is 0.000000222. The Labute approximate surface area is 341 Å². The lowest BCUT2D eigenvalue weighted by molar-refractivity contribution is -0.131. The van der Waals surface area contributed by atoms with Crippen LogP contribution in [0, 0.1) is 22.2 Å². The molecule has 1 amide bonds. The van der Waals surface area contributed by atoms with Crippen molar-refractivity contribution in [3.8, 4) is 0 Å². The second-order valence-corrected chi connectivity index (χ2v) is 21.5. The van der Waals surface area contributed by atoms with Crippen molar-refractivity contribution in [2.24, 2.45) is 22.2 Å². The molecule has 0 unspecified atom stereocenters.